The number of halogens is 2. The molecule has 1 atom stereocenters. The van der Waals surface area contributed by atoms with Gasteiger partial charge in [0.1, 0.15) is 5.82 Å². The molecular weight excluding hydrogens is 287 g/mol. The van der Waals surface area contributed by atoms with E-state index in [1.165, 1.54) is 12.1 Å². The third-order valence-electron chi connectivity index (χ3n) is 3.30. The van der Waals surface area contributed by atoms with E-state index in [0.29, 0.717) is 11.6 Å². The van der Waals surface area contributed by atoms with Crippen LogP contribution in [0.15, 0.2) is 42.5 Å². The van der Waals surface area contributed by atoms with Gasteiger partial charge in [0.15, 0.2) is 0 Å². The van der Waals surface area contributed by atoms with Crippen LogP contribution in [0.1, 0.15) is 19.4 Å². The number of hydrogen-bond donors (Lipinski definition) is 1. The van der Waals surface area contributed by atoms with E-state index in [4.69, 9.17) is 17.3 Å². The fourth-order valence-corrected chi connectivity index (χ4v) is 2.71. The monoisotopic (exact) mass is 306 g/mol. The van der Waals surface area contributed by atoms with Gasteiger partial charge in [-0.1, -0.05) is 23.7 Å². The summed E-state index contributed by atoms with van der Waals surface area (Å²) in [6, 6.07) is 12.5. The van der Waals surface area contributed by atoms with Gasteiger partial charge in [0.2, 0.25) is 0 Å². The van der Waals surface area contributed by atoms with E-state index in [1.54, 1.807) is 6.07 Å². The molecule has 0 radical (unpaired) electrons. The Morgan fingerprint density at radius 2 is 2.00 bits per heavy atom. The summed E-state index contributed by atoms with van der Waals surface area (Å²) < 4.78 is 13.4. The quantitative estimate of drug-likeness (QED) is 0.879. The van der Waals surface area contributed by atoms with Gasteiger partial charge in [-0.15, -0.1) is 0 Å². The SMILES string of the molecule is CCN(c1cccc(F)c1)c1ccc(CC(C)N)cc1Cl. The lowest BCUT2D eigenvalue weighted by atomic mass is 10.1. The van der Waals surface area contributed by atoms with Gasteiger partial charge in [0.05, 0.1) is 10.7 Å². The Hall–Kier alpha value is -1.58. The molecule has 0 aromatic heterocycles. The van der Waals surface area contributed by atoms with Gasteiger partial charge in [-0.25, -0.2) is 4.39 Å². The van der Waals surface area contributed by atoms with Crippen molar-refractivity contribution in [1.82, 2.24) is 0 Å². The molecule has 0 fully saturated rings. The third-order valence-corrected chi connectivity index (χ3v) is 3.60. The van der Waals surface area contributed by atoms with Crippen molar-refractivity contribution < 1.29 is 4.39 Å². The van der Waals surface area contributed by atoms with Crippen molar-refractivity contribution in [3.63, 3.8) is 0 Å². The second-order valence-corrected chi connectivity index (χ2v) is 5.60. The van der Waals surface area contributed by atoms with Crippen LogP contribution in [-0.2, 0) is 6.42 Å². The Morgan fingerprint density at radius 1 is 1.24 bits per heavy atom. The third kappa shape index (κ3) is 3.96. The first-order valence-corrected chi connectivity index (χ1v) is 7.46. The Balaban J connectivity index is 2.34. The first kappa shape index (κ1) is 15.8. The van der Waals surface area contributed by atoms with Crippen molar-refractivity contribution in [2.24, 2.45) is 5.73 Å². The van der Waals surface area contributed by atoms with Gasteiger partial charge in [-0.2, -0.15) is 0 Å². The lowest BCUT2D eigenvalue weighted by Gasteiger charge is -2.25. The zero-order chi connectivity index (χ0) is 15.4. The Labute approximate surface area is 130 Å². The molecule has 0 heterocycles. The summed E-state index contributed by atoms with van der Waals surface area (Å²) >= 11 is 6.40. The summed E-state index contributed by atoms with van der Waals surface area (Å²) in [5.41, 5.74) is 8.58. The molecule has 0 aliphatic carbocycles. The smallest absolute Gasteiger partial charge is 0.125 e. The van der Waals surface area contributed by atoms with Crippen LogP contribution in [0.5, 0.6) is 0 Å². The van der Waals surface area contributed by atoms with Gasteiger partial charge in [0.25, 0.3) is 0 Å². The van der Waals surface area contributed by atoms with E-state index >= 15 is 0 Å². The highest BCUT2D eigenvalue weighted by Crippen LogP contribution is 2.32. The molecule has 2 N–H and O–H groups in total. The van der Waals surface area contributed by atoms with E-state index in [9.17, 15) is 4.39 Å². The van der Waals surface area contributed by atoms with Gasteiger partial charge in [0, 0.05) is 18.3 Å². The summed E-state index contributed by atoms with van der Waals surface area (Å²) in [6.07, 6.45) is 0.784. The topological polar surface area (TPSA) is 29.3 Å². The highest BCUT2D eigenvalue weighted by molar-refractivity contribution is 6.33. The predicted molar refractivity (Wildman–Crippen MR) is 87.9 cm³/mol. The summed E-state index contributed by atoms with van der Waals surface area (Å²) in [6.45, 7) is 4.68. The molecule has 0 bridgehead atoms. The second-order valence-electron chi connectivity index (χ2n) is 5.19. The Kier molecular flexibility index (Phi) is 5.21. The van der Waals surface area contributed by atoms with Crippen molar-refractivity contribution in [1.29, 1.82) is 0 Å². The van der Waals surface area contributed by atoms with Crippen LogP contribution in [-0.4, -0.2) is 12.6 Å². The molecule has 2 aromatic carbocycles. The number of nitrogens with zero attached hydrogens (tertiary/aromatic N) is 1. The molecule has 2 nitrogen and oxygen atoms in total. The first-order chi connectivity index (χ1) is 10.0. The summed E-state index contributed by atoms with van der Waals surface area (Å²) in [7, 11) is 0. The molecule has 0 aliphatic rings. The lowest BCUT2D eigenvalue weighted by molar-refractivity contribution is 0.627. The fourth-order valence-electron chi connectivity index (χ4n) is 2.40. The average Bonchev–Trinajstić information content (AvgIpc) is 2.41. The molecule has 21 heavy (non-hydrogen) atoms. The zero-order valence-electron chi connectivity index (χ0n) is 12.3. The second kappa shape index (κ2) is 6.92. The molecule has 1 unspecified atom stereocenters. The summed E-state index contributed by atoms with van der Waals surface area (Å²) in [5.74, 6) is -0.254. The highest BCUT2D eigenvalue weighted by atomic mass is 35.5. The number of rotatable bonds is 5. The van der Waals surface area contributed by atoms with Gasteiger partial charge < -0.3 is 10.6 Å². The molecular formula is C17H20ClFN2. The average molecular weight is 307 g/mol. The van der Waals surface area contributed by atoms with E-state index in [-0.39, 0.29) is 11.9 Å². The number of benzene rings is 2. The van der Waals surface area contributed by atoms with E-state index in [1.807, 2.05) is 43.0 Å². The standard InChI is InChI=1S/C17H20ClFN2/c1-3-21(15-6-4-5-14(19)11-15)17-8-7-13(9-12(2)20)10-16(17)18/h4-8,10-12H,3,9,20H2,1-2H3. The van der Waals surface area contributed by atoms with Gasteiger partial charge in [-0.05, 0) is 56.2 Å². The van der Waals surface area contributed by atoms with Gasteiger partial charge in [-0.3, -0.25) is 0 Å². The summed E-state index contributed by atoms with van der Waals surface area (Å²) in [4.78, 5) is 1.99. The largest absolute Gasteiger partial charge is 0.340 e. The van der Waals surface area contributed by atoms with Crippen LogP contribution < -0.4 is 10.6 Å². The van der Waals surface area contributed by atoms with E-state index < -0.39 is 0 Å². The van der Waals surface area contributed by atoms with E-state index in [0.717, 1.165) is 23.4 Å². The number of anilines is 2. The molecule has 0 aliphatic heterocycles. The Morgan fingerprint density at radius 3 is 2.57 bits per heavy atom. The van der Waals surface area contributed by atoms with Crippen LogP contribution in [0, 0.1) is 5.82 Å². The van der Waals surface area contributed by atoms with Gasteiger partial charge >= 0.3 is 0 Å². The molecule has 0 saturated heterocycles. The first-order valence-electron chi connectivity index (χ1n) is 7.08. The normalized spacial score (nSPS) is 12.2. The van der Waals surface area contributed by atoms with Crippen LogP contribution in [0.3, 0.4) is 0 Å². The Bertz CT molecular complexity index is 613. The molecule has 0 amide bonds. The lowest BCUT2D eigenvalue weighted by Crippen LogP contribution is -2.19. The van der Waals surface area contributed by atoms with Crippen molar-refractivity contribution in [3.8, 4) is 0 Å². The van der Waals surface area contributed by atoms with Crippen LogP contribution in [0.25, 0.3) is 0 Å². The van der Waals surface area contributed by atoms with Crippen LogP contribution >= 0.6 is 11.6 Å². The predicted octanol–water partition coefficient (Wildman–Crippen LogP) is 4.53. The van der Waals surface area contributed by atoms with Crippen LogP contribution in [0.4, 0.5) is 15.8 Å². The summed E-state index contributed by atoms with van der Waals surface area (Å²) in [5, 5.41) is 0.652. The zero-order valence-corrected chi connectivity index (χ0v) is 13.1. The molecule has 2 aromatic rings. The number of nitrogens with two attached hydrogens (primary N) is 1. The fraction of sp³-hybridized carbons (Fsp3) is 0.294. The maximum atomic E-state index is 13.4. The molecule has 4 heteroatoms. The minimum atomic E-state index is -0.254. The molecule has 0 spiro atoms. The molecule has 2 rings (SSSR count). The minimum absolute atomic E-state index is 0.0948. The van der Waals surface area contributed by atoms with Crippen molar-refractivity contribution in [3.05, 3.63) is 58.9 Å². The highest BCUT2D eigenvalue weighted by Gasteiger charge is 2.12. The molecule has 112 valence electrons. The van der Waals surface area contributed by atoms with Crippen LogP contribution in [0.2, 0.25) is 5.02 Å². The van der Waals surface area contributed by atoms with Crippen molar-refractivity contribution in [2.45, 2.75) is 26.3 Å². The maximum Gasteiger partial charge on any atom is 0.125 e. The number of hydrogen-bond acceptors (Lipinski definition) is 2. The maximum absolute atomic E-state index is 13.4. The minimum Gasteiger partial charge on any atom is -0.340 e. The van der Waals surface area contributed by atoms with E-state index in [2.05, 4.69) is 0 Å². The van der Waals surface area contributed by atoms with Crippen molar-refractivity contribution in [2.75, 3.05) is 11.4 Å². The molecule has 0 saturated carbocycles. The van der Waals surface area contributed by atoms with Crippen molar-refractivity contribution >= 4 is 23.0 Å².